The number of benzene rings is 1. The molecule has 0 saturated carbocycles. The Balaban J connectivity index is 1.69. The maximum atomic E-state index is 12.1. The normalized spacial score (nSPS) is 17.3. The summed E-state index contributed by atoms with van der Waals surface area (Å²) in [4.78, 5) is 23.8. The van der Waals surface area contributed by atoms with Crippen molar-refractivity contribution in [3.63, 3.8) is 0 Å². The lowest BCUT2D eigenvalue weighted by Crippen LogP contribution is -2.29. The second kappa shape index (κ2) is 9.19. The predicted molar refractivity (Wildman–Crippen MR) is 96.5 cm³/mol. The third-order valence-electron chi connectivity index (χ3n) is 3.65. The molecule has 0 unspecified atom stereocenters. The fraction of sp³-hybridized carbons (Fsp3) is 0.533. The van der Waals surface area contributed by atoms with Crippen LogP contribution in [0.2, 0.25) is 0 Å². The van der Waals surface area contributed by atoms with Gasteiger partial charge in [-0.05, 0) is 24.1 Å². The highest BCUT2D eigenvalue weighted by Crippen LogP contribution is 2.23. The molecule has 0 radical (unpaired) electrons. The molecule has 1 atom stereocenters. The van der Waals surface area contributed by atoms with Crippen LogP contribution in [0.1, 0.15) is 12.0 Å². The molecule has 11 heteroatoms. The lowest BCUT2D eigenvalue weighted by molar-refractivity contribution is -0.384. The summed E-state index contributed by atoms with van der Waals surface area (Å²) in [6, 6.07) is 5.83. The van der Waals surface area contributed by atoms with Gasteiger partial charge in [-0.25, -0.2) is 4.79 Å². The van der Waals surface area contributed by atoms with E-state index in [9.17, 15) is 23.3 Å². The van der Waals surface area contributed by atoms with E-state index in [1.165, 1.54) is 12.1 Å². The van der Waals surface area contributed by atoms with Gasteiger partial charge in [0.2, 0.25) is 0 Å². The number of non-ortho nitro benzene ring substituents is 1. The first-order chi connectivity index (χ1) is 12.2. The Hall–Kier alpha value is -1.85. The molecular weight excluding hydrogens is 384 g/mol. The molecular formula is C15H20N2O7S2. The summed E-state index contributed by atoms with van der Waals surface area (Å²) in [5.74, 6) is 0.531. The Morgan fingerprint density at radius 1 is 1.38 bits per heavy atom. The Morgan fingerprint density at radius 3 is 2.69 bits per heavy atom. The van der Waals surface area contributed by atoms with E-state index in [2.05, 4.69) is 4.18 Å². The van der Waals surface area contributed by atoms with Crippen LogP contribution in [0.25, 0.3) is 0 Å². The molecule has 0 spiro atoms. The van der Waals surface area contributed by atoms with Crippen molar-refractivity contribution in [3.8, 4) is 0 Å². The smallest absolute Gasteiger partial charge is 0.410 e. The zero-order valence-corrected chi connectivity index (χ0v) is 15.8. The fourth-order valence-electron chi connectivity index (χ4n) is 2.38. The van der Waals surface area contributed by atoms with Gasteiger partial charge in [-0.3, -0.25) is 14.3 Å². The molecule has 26 heavy (non-hydrogen) atoms. The van der Waals surface area contributed by atoms with Crippen LogP contribution in [0.5, 0.6) is 0 Å². The first kappa shape index (κ1) is 20.5. The zero-order chi connectivity index (χ0) is 19.2. The lowest BCUT2D eigenvalue weighted by atomic mass is 10.2. The van der Waals surface area contributed by atoms with Crippen LogP contribution in [0.3, 0.4) is 0 Å². The summed E-state index contributed by atoms with van der Waals surface area (Å²) in [7, 11) is -3.42. The topological polar surface area (TPSA) is 116 Å². The summed E-state index contributed by atoms with van der Waals surface area (Å²) in [5, 5.41) is 10.8. The van der Waals surface area contributed by atoms with Crippen molar-refractivity contribution in [2.24, 2.45) is 0 Å². The minimum Gasteiger partial charge on any atom is -0.445 e. The Morgan fingerprint density at radius 2 is 2.08 bits per heavy atom. The molecule has 1 saturated heterocycles. The van der Waals surface area contributed by atoms with Gasteiger partial charge >= 0.3 is 6.09 Å². The van der Waals surface area contributed by atoms with Gasteiger partial charge in [-0.2, -0.15) is 20.2 Å². The molecule has 1 aromatic carbocycles. The number of nitro groups is 1. The number of carbonyl (C=O) groups is 1. The third-order valence-corrected chi connectivity index (χ3v) is 5.50. The highest BCUT2D eigenvalue weighted by atomic mass is 32.2. The van der Waals surface area contributed by atoms with Gasteiger partial charge in [-0.15, -0.1) is 0 Å². The number of thioether (sulfide) groups is 1. The van der Waals surface area contributed by atoms with Crippen LogP contribution in [0.15, 0.2) is 24.3 Å². The van der Waals surface area contributed by atoms with Crippen molar-refractivity contribution in [3.05, 3.63) is 39.9 Å². The van der Waals surface area contributed by atoms with E-state index in [1.54, 1.807) is 28.8 Å². The molecule has 0 aromatic heterocycles. The molecule has 0 bridgehead atoms. The number of amides is 1. The molecule has 1 aliphatic heterocycles. The van der Waals surface area contributed by atoms with Crippen LogP contribution in [0, 0.1) is 10.1 Å². The predicted octanol–water partition coefficient (Wildman–Crippen LogP) is 2.02. The summed E-state index contributed by atoms with van der Waals surface area (Å²) in [6.07, 6.45) is 1.38. The molecule has 1 aromatic rings. The SMILES string of the molecule is CS(=O)(=O)OCCS[C@H]1CCN(C(=O)OCc2ccc([N+](=O)[O-])cc2)C1. The zero-order valence-electron chi connectivity index (χ0n) is 14.2. The van der Waals surface area contributed by atoms with Crippen molar-refractivity contribution in [2.75, 3.05) is 31.7 Å². The summed E-state index contributed by atoms with van der Waals surface area (Å²) < 4.78 is 31.7. The number of nitrogens with zero attached hydrogens (tertiary/aromatic N) is 2. The monoisotopic (exact) mass is 404 g/mol. The molecule has 0 aliphatic carbocycles. The minimum absolute atomic E-state index is 0.0145. The number of ether oxygens (including phenoxy) is 1. The molecule has 2 rings (SSSR count). The standard InChI is InChI=1S/C15H20N2O7S2/c1-26(21,22)24-8-9-25-14-6-7-16(10-14)15(18)23-11-12-2-4-13(5-3-12)17(19)20/h2-5,14H,6-11H2,1H3/t14-/m0/s1. The summed E-state index contributed by atoms with van der Waals surface area (Å²) in [5.41, 5.74) is 0.659. The Bertz CT molecular complexity index is 737. The van der Waals surface area contributed by atoms with Gasteiger partial charge < -0.3 is 9.64 Å². The fourth-order valence-corrected chi connectivity index (χ4v) is 3.94. The van der Waals surface area contributed by atoms with Crippen molar-refractivity contribution in [1.82, 2.24) is 4.90 Å². The van der Waals surface area contributed by atoms with Crippen molar-refractivity contribution < 1.29 is 27.1 Å². The van der Waals surface area contributed by atoms with Crippen molar-refractivity contribution >= 4 is 33.7 Å². The first-order valence-corrected chi connectivity index (χ1v) is 10.7. The number of rotatable bonds is 8. The number of carbonyl (C=O) groups excluding carboxylic acids is 1. The maximum absolute atomic E-state index is 12.1. The highest BCUT2D eigenvalue weighted by molar-refractivity contribution is 8.00. The minimum atomic E-state index is -3.42. The molecule has 144 valence electrons. The molecule has 1 fully saturated rings. The average Bonchev–Trinajstić information content (AvgIpc) is 3.05. The van der Waals surface area contributed by atoms with Crippen LogP contribution in [-0.2, 0) is 25.6 Å². The number of hydrogen-bond donors (Lipinski definition) is 0. The molecule has 1 aliphatic rings. The van der Waals surface area contributed by atoms with E-state index >= 15 is 0 Å². The van der Waals surface area contributed by atoms with Gasteiger partial charge in [0, 0.05) is 36.2 Å². The first-order valence-electron chi connectivity index (χ1n) is 7.85. The maximum Gasteiger partial charge on any atom is 0.410 e. The average molecular weight is 404 g/mol. The number of hydrogen-bond acceptors (Lipinski definition) is 8. The second-order valence-corrected chi connectivity index (χ2v) is 8.78. The van der Waals surface area contributed by atoms with E-state index in [0.29, 0.717) is 24.4 Å². The van der Waals surface area contributed by atoms with Gasteiger partial charge in [0.05, 0.1) is 17.8 Å². The highest BCUT2D eigenvalue weighted by Gasteiger charge is 2.27. The second-order valence-electron chi connectivity index (χ2n) is 5.73. The molecule has 0 N–H and O–H groups in total. The van der Waals surface area contributed by atoms with E-state index in [4.69, 9.17) is 4.74 Å². The van der Waals surface area contributed by atoms with Crippen LogP contribution in [-0.4, -0.2) is 61.3 Å². The van der Waals surface area contributed by atoms with Gasteiger partial charge in [0.1, 0.15) is 6.61 Å². The van der Waals surface area contributed by atoms with Crippen molar-refractivity contribution in [1.29, 1.82) is 0 Å². The largest absolute Gasteiger partial charge is 0.445 e. The Labute approximate surface area is 155 Å². The quantitative estimate of drug-likeness (QED) is 0.280. The van der Waals surface area contributed by atoms with E-state index in [1.807, 2.05) is 0 Å². The summed E-state index contributed by atoms with van der Waals surface area (Å²) >= 11 is 1.56. The molecule has 1 heterocycles. The van der Waals surface area contributed by atoms with Gasteiger partial charge in [0.15, 0.2) is 0 Å². The lowest BCUT2D eigenvalue weighted by Gasteiger charge is -2.16. The molecule has 1 amide bonds. The van der Waals surface area contributed by atoms with E-state index < -0.39 is 21.1 Å². The van der Waals surface area contributed by atoms with E-state index in [-0.39, 0.29) is 24.2 Å². The van der Waals surface area contributed by atoms with Gasteiger partial charge in [0.25, 0.3) is 15.8 Å². The Kier molecular flexibility index (Phi) is 7.23. The number of nitro benzene ring substituents is 1. The van der Waals surface area contributed by atoms with Gasteiger partial charge in [-0.1, -0.05) is 0 Å². The van der Waals surface area contributed by atoms with Crippen LogP contribution in [0.4, 0.5) is 10.5 Å². The van der Waals surface area contributed by atoms with Crippen LogP contribution < -0.4 is 0 Å². The third kappa shape index (κ3) is 6.81. The molecule has 9 nitrogen and oxygen atoms in total. The number of likely N-dealkylation sites (tertiary alicyclic amines) is 1. The van der Waals surface area contributed by atoms with Crippen LogP contribution >= 0.6 is 11.8 Å². The summed E-state index contributed by atoms with van der Waals surface area (Å²) in [6.45, 7) is 1.27. The van der Waals surface area contributed by atoms with E-state index in [0.717, 1.165) is 12.7 Å². The van der Waals surface area contributed by atoms with Crippen molar-refractivity contribution in [2.45, 2.75) is 18.3 Å².